The van der Waals surface area contributed by atoms with Gasteiger partial charge in [-0.15, -0.1) is 0 Å². The van der Waals surface area contributed by atoms with E-state index < -0.39 is 0 Å². The van der Waals surface area contributed by atoms with Crippen LogP contribution < -0.4 is 4.74 Å². The second-order valence-electron chi connectivity index (χ2n) is 2.85. The van der Waals surface area contributed by atoms with Crippen LogP contribution >= 0.6 is 11.6 Å². The summed E-state index contributed by atoms with van der Waals surface area (Å²) >= 11 is 5.91. The fourth-order valence-electron chi connectivity index (χ4n) is 1.23. The van der Waals surface area contributed by atoms with Crippen molar-refractivity contribution >= 4 is 17.9 Å². The molecule has 0 heterocycles. The molecule has 0 bridgehead atoms. The number of carbonyl (C=O) groups excluding carboxylic acids is 1. The minimum absolute atomic E-state index is 0.496. The molecule has 0 amide bonds. The Bertz CT molecular complexity index is 345. The molecule has 0 fully saturated rings. The topological polar surface area (TPSA) is 26.3 Å². The monoisotopic (exact) mass is 198 g/mol. The molecule has 2 nitrogen and oxygen atoms in total. The Hall–Kier alpha value is -1.02. The molecule has 0 spiro atoms. The third-order valence-electron chi connectivity index (χ3n) is 2.14. The molecule has 1 aromatic carbocycles. The van der Waals surface area contributed by atoms with Gasteiger partial charge in [-0.1, -0.05) is 11.6 Å². The highest BCUT2D eigenvalue weighted by Gasteiger charge is 2.10. The number of benzene rings is 1. The average molecular weight is 199 g/mol. The molecule has 1 rings (SSSR count). The summed E-state index contributed by atoms with van der Waals surface area (Å²) < 4.78 is 5.11. The van der Waals surface area contributed by atoms with E-state index in [9.17, 15) is 4.79 Å². The molecule has 0 aliphatic rings. The van der Waals surface area contributed by atoms with E-state index in [1.165, 1.54) is 0 Å². The lowest BCUT2D eigenvalue weighted by atomic mass is 10.1. The first kappa shape index (κ1) is 10.1. The lowest BCUT2D eigenvalue weighted by molar-refractivity contribution is 0.112. The Kier molecular flexibility index (Phi) is 2.94. The number of aldehydes is 1. The second kappa shape index (κ2) is 3.79. The first-order valence-corrected chi connectivity index (χ1v) is 4.28. The number of rotatable bonds is 2. The van der Waals surface area contributed by atoms with Crippen molar-refractivity contribution in [2.45, 2.75) is 13.8 Å². The van der Waals surface area contributed by atoms with Crippen LogP contribution in [0.5, 0.6) is 5.75 Å². The number of halogens is 1. The Morgan fingerprint density at radius 1 is 1.38 bits per heavy atom. The second-order valence-corrected chi connectivity index (χ2v) is 3.26. The molecule has 13 heavy (non-hydrogen) atoms. The molecule has 3 heteroatoms. The summed E-state index contributed by atoms with van der Waals surface area (Å²) in [6, 6.07) is 1.62. The molecule has 0 atom stereocenters. The molecule has 0 aliphatic heterocycles. The summed E-state index contributed by atoms with van der Waals surface area (Å²) in [7, 11) is 1.54. The van der Waals surface area contributed by atoms with Gasteiger partial charge >= 0.3 is 0 Å². The maximum atomic E-state index is 10.7. The molecular formula is C10H11ClO2. The summed E-state index contributed by atoms with van der Waals surface area (Å²) in [6.07, 6.45) is 0.747. The smallest absolute Gasteiger partial charge is 0.153 e. The zero-order chi connectivity index (χ0) is 10.0. The van der Waals surface area contributed by atoms with E-state index in [4.69, 9.17) is 16.3 Å². The van der Waals surface area contributed by atoms with E-state index in [0.717, 1.165) is 17.4 Å². The van der Waals surface area contributed by atoms with E-state index >= 15 is 0 Å². The van der Waals surface area contributed by atoms with Gasteiger partial charge in [0.15, 0.2) is 6.29 Å². The zero-order valence-corrected chi connectivity index (χ0v) is 8.61. The Morgan fingerprint density at radius 2 is 2.00 bits per heavy atom. The van der Waals surface area contributed by atoms with Gasteiger partial charge in [-0.2, -0.15) is 0 Å². The van der Waals surface area contributed by atoms with Crippen LogP contribution in [0.1, 0.15) is 21.5 Å². The number of carbonyl (C=O) groups is 1. The van der Waals surface area contributed by atoms with Crippen molar-refractivity contribution in [3.05, 3.63) is 27.8 Å². The normalized spacial score (nSPS) is 9.85. The minimum Gasteiger partial charge on any atom is -0.496 e. The van der Waals surface area contributed by atoms with Gasteiger partial charge in [0.2, 0.25) is 0 Å². The first-order valence-electron chi connectivity index (χ1n) is 3.90. The third-order valence-corrected chi connectivity index (χ3v) is 2.53. The number of hydrogen-bond donors (Lipinski definition) is 0. The molecule has 0 saturated carbocycles. The van der Waals surface area contributed by atoms with Crippen molar-refractivity contribution < 1.29 is 9.53 Å². The van der Waals surface area contributed by atoms with Crippen molar-refractivity contribution in [1.29, 1.82) is 0 Å². The molecule has 0 aromatic heterocycles. The first-order chi connectivity index (χ1) is 6.11. The van der Waals surface area contributed by atoms with Crippen LogP contribution in [0.4, 0.5) is 0 Å². The van der Waals surface area contributed by atoms with Crippen LogP contribution in [0.15, 0.2) is 6.07 Å². The highest BCUT2D eigenvalue weighted by Crippen LogP contribution is 2.30. The Balaban J connectivity index is 3.47. The van der Waals surface area contributed by atoms with Crippen molar-refractivity contribution in [1.82, 2.24) is 0 Å². The van der Waals surface area contributed by atoms with E-state index in [2.05, 4.69) is 0 Å². The van der Waals surface area contributed by atoms with Crippen molar-refractivity contribution in [3.63, 3.8) is 0 Å². The lowest BCUT2D eigenvalue weighted by Crippen LogP contribution is -1.96. The molecule has 0 saturated heterocycles. The van der Waals surface area contributed by atoms with Crippen LogP contribution in [0.3, 0.4) is 0 Å². The minimum atomic E-state index is 0.496. The highest BCUT2D eigenvalue weighted by atomic mass is 35.5. The molecule has 1 aromatic rings. The van der Waals surface area contributed by atoms with Gasteiger partial charge in [0.1, 0.15) is 5.75 Å². The van der Waals surface area contributed by atoms with Crippen molar-refractivity contribution in [3.8, 4) is 5.75 Å². The predicted molar refractivity (Wildman–Crippen MR) is 52.9 cm³/mol. The third kappa shape index (κ3) is 1.68. The van der Waals surface area contributed by atoms with Crippen LogP contribution in [0, 0.1) is 13.8 Å². The largest absolute Gasteiger partial charge is 0.496 e. The maximum Gasteiger partial charge on any atom is 0.153 e. The Morgan fingerprint density at radius 3 is 2.46 bits per heavy atom. The summed E-state index contributed by atoms with van der Waals surface area (Å²) in [4.78, 5) is 10.7. The summed E-state index contributed by atoms with van der Waals surface area (Å²) in [5.41, 5.74) is 2.36. The fraction of sp³-hybridized carbons (Fsp3) is 0.300. The van der Waals surface area contributed by atoms with E-state index in [1.54, 1.807) is 13.2 Å². The van der Waals surface area contributed by atoms with Crippen molar-refractivity contribution in [2.24, 2.45) is 0 Å². The quantitative estimate of drug-likeness (QED) is 0.684. The molecule has 0 N–H and O–H groups in total. The average Bonchev–Trinajstić information content (AvgIpc) is 2.13. The van der Waals surface area contributed by atoms with Gasteiger partial charge in [0, 0.05) is 5.02 Å². The van der Waals surface area contributed by atoms with Gasteiger partial charge in [-0.25, -0.2) is 0 Å². The molecule has 0 aliphatic carbocycles. The molecule has 0 radical (unpaired) electrons. The molecular weight excluding hydrogens is 188 g/mol. The highest BCUT2D eigenvalue weighted by molar-refractivity contribution is 6.31. The predicted octanol–water partition coefficient (Wildman–Crippen LogP) is 2.78. The molecule has 70 valence electrons. The van der Waals surface area contributed by atoms with Crippen LogP contribution in [0.25, 0.3) is 0 Å². The summed E-state index contributed by atoms with van der Waals surface area (Å²) in [5, 5.41) is 0.598. The van der Waals surface area contributed by atoms with Crippen molar-refractivity contribution in [2.75, 3.05) is 7.11 Å². The zero-order valence-electron chi connectivity index (χ0n) is 7.85. The SMILES string of the molecule is COc1c(C=O)cc(Cl)c(C)c1C. The van der Waals surface area contributed by atoms with Crippen LogP contribution in [-0.4, -0.2) is 13.4 Å². The van der Waals surface area contributed by atoms with Gasteiger partial charge < -0.3 is 4.74 Å². The van der Waals surface area contributed by atoms with Gasteiger partial charge in [-0.3, -0.25) is 4.79 Å². The van der Waals surface area contributed by atoms with Gasteiger partial charge in [0.05, 0.1) is 12.7 Å². The van der Waals surface area contributed by atoms with Gasteiger partial charge in [-0.05, 0) is 31.0 Å². The van der Waals surface area contributed by atoms with Gasteiger partial charge in [0.25, 0.3) is 0 Å². The van der Waals surface area contributed by atoms with E-state index in [1.807, 2.05) is 13.8 Å². The number of hydrogen-bond acceptors (Lipinski definition) is 2. The summed E-state index contributed by atoms with van der Waals surface area (Å²) in [5.74, 6) is 0.608. The maximum absolute atomic E-state index is 10.7. The fourth-order valence-corrected chi connectivity index (χ4v) is 1.49. The lowest BCUT2D eigenvalue weighted by Gasteiger charge is -2.11. The summed E-state index contributed by atoms with van der Waals surface area (Å²) in [6.45, 7) is 3.78. The molecule has 0 unspecified atom stereocenters. The van der Waals surface area contributed by atoms with Crippen LogP contribution in [0.2, 0.25) is 5.02 Å². The standard InChI is InChI=1S/C10H11ClO2/c1-6-7(2)10(13-3)8(5-12)4-9(6)11/h4-5H,1-3H3. The van der Waals surface area contributed by atoms with E-state index in [0.29, 0.717) is 16.3 Å². The van der Waals surface area contributed by atoms with E-state index in [-0.39, 0.29) is 0 Å². The van der Waals surface area contributed by atoms with Crippen LogP contribution in [-0.2, 0) is 0 Å². The Labute approximate surface area is 82.5 Å². The number of methoxy groups -OCH3 is 1. The number of ether oxygens (including phenoxy) is 1.